The maximum Gasteiger partial charge on any atom is 0.143 e. The number of aromatic amines is 1. The monoisotopic (exact) mass is 298 g/mol. The zero-order chi connectivity index (χ0) is 14.8. The van der Waals surface area contributed by atoms with Crippen LogP contribution < -0.4 is 10.5 Å². The van der Waals surface area contributed by atoms with Crippen molar-refractivity contribution in [1.29, 1.82) is 0 Å². The highest BCUT2D eigenvalue weighted by molar-refractivity contribution is 7.99. The molecule has 0 atom stereocenters. The van der Waals surface area contributed by atoms with E-state index in [0.717, 1.165) is 21.2 Å². The third kappa shape index (κ3) is 3.16. The molecule has 0 aliphatic heterocycles. The third-order valence-electron chi connectivity index (χ3n) is 3.08. The third-order valence-corrected chi connectivity index (χ3v) is 4.01. The van der Waals surface area contributed by atoms with E-state index >= 15 is 0 Å². The van der Waals surface area contributed by atoms with Crippen molar-refractivity contribution in [2.45, 2.75) is 29.9 Å². The largest absolute Gasteiger partial charge is 0.489 e. The lowest BCUT2D eigenvalue weighted by Crippen LogP contribution is -2.07. The van der Waals surface area contributed by atoms with Crippen LogP contribution in [0.15, 0.2) is 58.5 Å². The number of H-pyrrole nitrogens is 1. The van der Waals surface area contributed by atoms with Crippen molar-refractivity contribution in [3.63, 3.8) is 0 Å². The summed E-state index contributed by atoms with van der Waals surface area (Å²) in [5.41, 5.74) is 7.77. The maximum atomic E-state index is 5.95. The fraction of sp³-hybridized carbons (Fsp3) is 0.176. The van der Waals surface area contributed by atoms with Gasteiger partial charge < -0.3 is 15.5 Å². The summed E-state index contributed by atoms with van der Waals surface area (Å²) in [5, 5.41) is 2.32. The Kier molecular flexibility index (Phi) is 3.80. The quantitative estimate of drug-likeness (QED) is 0.687. The van der Waals surface area contributed by atoms with Gasteiger partial charge in [0, 0.05) is 15.8 Å². The minimum atomic E-state index is 0.112. The van der Waals surface area contributed by atoms with Gasteiger partial charge >= 0.3 is 0 Å². The van der Waals surface area contributed by atoms with E-state index in [0.29, 0.717) is 5.69 Å². The second kappa shape index (κ2) is 5.74. The molecular weight excluding hydrogens is 280 g/mol. The molecule has 0 fully saturated rings. The molecule has 0 spiro atoms. The molecule has 0 bridgehead atoms. The SMILES string of the molecule is CC(C)Oc1cc(Sc2cc3ccccc3[nH]2)ccc1N. The van der Waals surface area contributed by atoms with Crippen LogP contribution in [-0.4, -0.2) is 11.1 Å². The van der Waals surface area contributed by atoms with Crippen LogP contribution in [0.3, 0.4) is 0 Å². The molecule has 1 heterocycles. The topological polar surface area (TPSA) is 51.0 Å². The van der Waals surface area contributed by atoms with E-state index in [1.54, 1.807) is 11.8 Å². The van der Waals surface area contributed by atoms with Gasteiger partial charge in [-0.05, 0) is 44.2 Å². The molecule has 3 N–H and O–H groups in total. The van der Waals surface area contributed by atoms with Crippen LogP contribution in [0, 0.1) is 0 Å². The molecule has 1 aromatic heterocycles. The lowest BCUT2D eigenvalue weighted by molar-refractivity contribution is 0.243. The Bertz CT molecular complexity index is 731. The first-order chi connectivity index (χ1) is 10.1. The molecule has 2 aromatic carbocycles. The van der Waals surface area contributed by atoms with Crippen molar-refractivity contribution in [2.75, 3.05) is 5.73 Å². The van der Waals surface area contributed by atoms with Gasteiger partial charge in [0.25, 0.3) is 0 Å². The summed E-state index contributed by atoms with van der Waals surface area (Å²) < 4.78 is 5.73. The fourth-order valence-corrected chi connectivity index (χ4v) is 3.07. The number of para-hydroxylation sites is 1. The molecule has 108 valence electrons. The average Bonchev–Trinajstić information content (AvgIpc) is 2.84. The van der Waals surface area contributed by atoms with E-state index in [2.05, 4.69) is 23.2 Å². The normalized spacial score (nSPS) is 11.2. The number of nitrogens with two attached hydrogens (primary N) is 1. The Hall–Kier alpha value is -2.07. The van der Waals surface area contributed by atoms with Crippen molar-refractivity contribution in [1.82, 2.24) is 4.98 Å². The van der Waals surface area contributed by atoms with Gasteiger partial charge in [0.1, 0.15) is 5.75 Å². The summed E-state index contributed by atoms with van der Waals surface area (Å²) in [7, 11) is 0. The van der Waals surface area contributed by atoms with Crippen molar-refractivity contribution < 1.29 is 4.74 Å². The Morgan fingerprint density at radius 1 is 1.10 bits per heavy atom. The van der Waals surface area contributed by atoms with E-state index in [-0.39, 0.29) is 6.10 Å². The Labute approximate surface area is 128 Å². The number of fused-ring (bicyclic) bond motifs is 1. The number of ether oxygens (including phenoxy) is 1. The zero-order valence-corrected chi connectivity index (χ0v) is 12.9. The van der Waals surface area contributed by atoms with Gasteiger partial charge in [0.2, 0.25) is 0 Å². The van der Waals surface area contributed by atoms with Gasteiger partial charge in [0.05, 0.1) is 16.8 Å². The highest BCUT2D eigenvalue weighted by atomic mass is 32.2. The van der Waals surface area contributed by atoms with Crippen molar-refractivity contribution in [3.8, 4) is 5.75 Å². The summed E-state index contributed by atoms with van der Waals surface area (Å²) in [5.74, 6) is 0.742. The molecule has 21 heavy (non-hydrogen) atoms. The molecule has 0 unspecified atom stereocenters. The predicted octanol–water partition coefficient (Wildman–Crippen LogP) is 4.69. The molecule has 0 radical (unpaired) electrons. The van der Waals surface area contributed by atoms with Crippen LogP contribution in [0.5, 0.6) is 5.75 Å². The van der Waals surface area contributed by atoms with Crippen LogP contribution >= 0.6 is 11.8 Å². The Morgan fingerprint density at radius 2 is 1.90 bits per heavy atom. The molecule has 0 amide bonds. The van der Waals surface area contributed by atoms with Gasteiger partial charge in [-0.1, -0.05) is 30.0 Å². The number of benzene rings is 2. The van der Waals surface area contributed by atoms with E-state index in [4.69, 9.17) is 10.5 Å². The van der Waals surface area contributed by atoms with Gasteiger partial charge in [0.15, 0.2) is 0 Å². The molecular formula is C17H18N2OS. The summed E-state index contributed by atoms with van der Waals surface area (Å²) in [6, 6.07) is 16.3. The molecule has 0 saturated carbocycles. The number of aromatic nitrogens is 1. The summed E-state index contributed by atoms with van der Waals surface area (Å²) in [4.78, 5) is 4.51. The fourth-order valence-electron chi connectivity index (χ4n) is 2.16. The Morgan fingerprint density at radius 3 is 2.67 bits per heavy atom. The molecule has 4 heteroatoms. The smallest absolute Gasteiger partial charge is 0.143 e. The number of rotatable bonds is 4. The van der Waals surface area contributed by atoms with Crippen molar-refractivity contribution in [2.24, 2.45) is 0 Å². The van der Waals surface area contributed by atoms with Crippen LogP contribution in [-0.2, 0) is 0 Å². The van der Waals surface area contributed by atoms with Crippen LogP contribution in [0.1, 0.15) is 13.8 Å². The summed E-state index contributed by atoms with van der Waals surface area (Å²) in [6.07, 6.45) is 0.112. The van der Waals surface area contributed by atoms with Crippen LogP contribution in [0.2, 0.25) is 0 Å². The first-order valence-corrected chi connectivity index (χ1v) is 7.75. The molecule has 3 nitrogen and oxygen atoms in total. The lowest BCUT2D eigenvalue weighted by atomic mass is 10.3. The van der Waals surface area contributed by atoms with Gasteiger partial charge in [-0.25, -0.2) is 0 Å². The van der Waals surface area contributed by atoms with E-state index in [1.807, 2.05) is 44.2 Å². The second-order valence-corrected chi connectivity index (χ2v) is 6.30. The first-order valence-electron chi connectivity index (χ1n) is 6.93. The van der Waals surface area contributed by atoms with Crippen molar-refractivity contribution >= 4 is 28.4 Å². The van der Waals surface area contributed by atoms with E-state index in [1.165, 1.54) is 5.39 Å². The number of nitrogens with one attached hydrogen (secondary N) is 1. The lowest BCUT2D eigenvalue weighted by Gasteiger charge is -2.13. The van der Waals surface area contributed by atoms with Gasteiger partial charge in [-0.15, -0.1) is 0 Å². The van der Waals surface area contributed by atoms with E-state index < -0.39 is 0 Å². The second-order valence-electron chi connectivity index (χ2n) is 5.19. The number of nitrogen functional groups attached to an aromatic ring is 1. The number of hydrogen-bond acceptors (Lipinski definition) is 3. The standard InChI is InChI=1S/C17H18N2OS/c1-11(2)20-16-10-13(7-8-14(16)18)21-17-9-12-5-3-4-6-15(12)19-17/h3-11,19H,18H2,1-2H3. The zero-order valence-electron chi connectivity index (χ0n) is 12.1. The molecule has 0 aliphatic rings. The number of hydrogen-bond donors (Lipinski definition) is 2. The number of anilines is 1. The highest BCUT2D eigenvalue weighted by Gasteiger charge is 2.07. The van der Waals surface area contributed by atoms with Gasteiger partial charge in [-0.3, -0.25) is 0 Å². The predicted molar refractivity (Wildman–Crippen MR) is 89.0 cm³/mol. The Balaban J connectivity index is 1.87. The van der Waals surface area contributed by atoms with Crippen LogP contribution in [0.25, 0.3) is 10.9 Å². The van der Waals surface area contributed by atoms with E-state index in [9.17, 15) is 0 Å². The highest BCUT2D eigenvalue weighted by Crippen LogP contribution is 2.34. The summed E-state index contributed by atoms with van der Waals surface area (Å²) >= 11 is 1.67. The molecule has 0 aliphatic carbocycles. The summed E-state index contributed by atoms with van der Waals surface area (Å²) in [6.45, 7) is 3.99. The minimum absolute atomic E-state index is 0.112. The maximum absolute atomic E-state index is 5.95. The molecule has 3 rings (SSSR count). The van der Waals surface area contributed by atoms with Crippen LogP contribution in [0.4, 0.5) is 5.69 Å². The molecule has 3 aromatic rings. The average molecular weight is 298 g/mol. The first kappa shape index (κ1) is 13.9. The van der Waals surface area contributed by atoms with Gasteiger partial charge in [-0.2, -0.15) is 0 Å². The minimum Gasteiger partial charge on any atom is -0.489 e. The molecule has 0 saturated heterocycles. The van der Waals surface area contributed by atoms with Crippen molar-refractivity contribution in [3.05, 3.63) is 48.5 Å².